The van der Waals surface area contributed by atoms with Gasteiger partial charge in [-0.15, -0.1) is 0 Å². The van der Waals surface area contributed by atoms with E-state index < -0.39 is 0 Å². The van der Waals surface area contributed by atoms with Crippen LogP contribution in [0.3, 0.4) is 0 Å². The average molecular weight is 500 g/mol. The molecule has 0 aliphatic carbocycles. The van der Waals surface area contributed by atoms with E-state index in [9.17, 15) is 9.59 Å². The molecular formula is C29H29N3O5. The lowest BCUT2D eigenvalue weighted by Gasteiger charge is -2.36. The summed E-state index contributed by atoms with van der Waals surface area (Å²) in [6.45, 7) is 2.35. The van der Waals surface area contributed by atoms with Gasteiger partial charge in [0.05, 0.1) is 26.3 Å². The summed E-state index contributed by atoms with van der Waals surface area (Å²) in [6.07, 6.45) is 0.141. The van der Waals surface area contributed by atoms with E-state index in [1.807, 2.05) is 66.7 Å². The maximum Gasteiger partial charge on any atom is 0.291 e. The maximum atomic E-state index is 13.6. The zero-order valence-corrected chi connectivity index (χ0v) is 20.9. The Labute approximate surface area is 215 Å². The van der Waals surface area contributed by atoms with Crippen molar-refractivity contribution >= 4 is 34.2 Å². The van der Waals surface area contributed by atoms with Crippen molar-refractivity contribution < 1.29 is 23.5 Å². The summed E-state index contributed by atoms with van der Waals surface area (Å²) >= 11 is 0. The fraction of sp³-hybridized carbons (Fsp3) is 0.241. The van der Waals surface area contributed by atoms with Crippen molar-refractivity contribution in [1.29, 1.82) is 0 Å². The van der Waals surface area contributed by atoms with Crippen molar-refractivity contribution in [3.63, 3.8) is 0 Å². The van der Waals surface area contributed by atoms with Crippen molar-refractivity contribution in [3.8, 4) is 11.5 Å². The molecule has 1 aliphatic rings. The number of anilines is 2. The van der Waals surface area contributed by atoms with Gasteiger partial charge in [-0.3, -0.25) is 9.59 Å². The SMILES string of the molecule is COc1cccc(CC(=O)Nc2c(C(=O)N3CCN(c4ccccc4OC)CC3)oc3ccccc23)c1. The van der Waals surface area contributed by atoms with E-state index >= 15 is 0 Å². The summed E-state index contributed by atoms with van der Waals surface area (Å²) < 4.78 is 16.7. The van der Waals surface area contributed by atoms with E-state index in [2.05, 4.69) is 10.2 Å². The number of para-hydroxylation sites is 3. The largest absolute Gasteiger partial charge is 0.497 e. The molecule has 1 aliphatic heterocycles. The topological polar surface area (TPSA) is 84.2 Å². The fourth-order valence-corrected chi connectivity index (χ4v) is 4.66. The molecule has 2 heterocycles. The number of fused-ring (bicyclic) bond motifs is 1. The van der Waals surface area contributed by atoms with Crippen LogP contribution in [-0.4, -0.2) is 57.1 Å². The van der Waals surface area contributed by atoms with Gasteiger partial charge in [0.15, 0.2) is 0 Å². The van der Waals surface area contributed by atoms with Crippen LogP contribution in [-0.2, 0) is 11.2 Å². The molecule has 0 radical (unpaired) electrons. The van der Waals surface area contributed by atoms with Gasteiger partial charge in [-0.1, -0.05) is 36.4 Å². The van der Waals surface area contributed by atoms with Crippen LogP contribution in [0.1, 0.15) is 16.1 Å². The highest BCUT2D eigenvalue weighted by atomic mass is 16.5. The fourth-order valence-electron chi connectivity index (χ4n) is 4.66. The molecule has 1 saturated heterocycles. The second-order valence-corrected chi connectivity index (χ2v) is 8.83. The summed E-state index contributed by atoms with van der Waals surface area (Å²) in [5.74, 6) is 1.15. The van der Waals surface area contributed by atoms with Gasteiger partial charge in [0.25, 0.3) is 5.91 Å². The number of rotatable bonds is 7. The number of hydrogen-bond acceptors (Lipinski definition) is 6. The van der Waals surface area contributed by atoms with E-state index in [1.165, 1.54) is 0 Å². The van der Waals surface area contributed by atoms with Crippen LogP contribution < -0.4 is 19.7 Å². The van der Waals surface area contributed by atoms with Crippen LogP contribution in [0.15, 0.2) is 77.2 Å². The highest BCUT2D eigenvalue weighted by Crippen LogP contribution is 2.33. The van der Waals surface area contributed by atoms with Crippen LogP contribution in [0, 0.1) is 0 Å². The summed E-state index contributed by atoms with van der Waals surface area (Å²) in [5, 5.41) is 3.63. The third-order valence-corrected chi connectivity index (χ3v) is 6.55. The Kier molecular flexibility index (Phi) is 6.98. The third kappa shape index (κ3) is 5.09. The number of piperazine rings is 1. The number of ether oxygens (including phenoxy) is 2. The molecule has 0 atom stereocenters. The van der Waals surface area contributed by atoms with E-state index in [4.69, 9.17) is 13.9 Å². The molecule has 8 heteroatoms. The van der Waals surface area contributed by atoms with Gasteiger partial charge in [-0.25, -0.2) is 0 Å². The zero-order valence-electron chi connectivity index (χ0n) is 20.9. The summed E-state index contributed by atoms with van der Waals surface area (Å²) in [6, 6.07) is 22.6. The molecule has 4 aromatic rings. The Morgan fingerprint density at radius 2 is 1.65 bits per heavy atom. The summed E-state index contributed by atoms with van der Waals surface area (Å²) in [7, 11) is 3.25. The lowest BCUT2D eigenvalue weighted by atomic mass is 10.1. The second-order valence-electron chi connectivity index (χ2n) is 8.83. The molecule has 5 rings (SSSR count). The first kappa shape index (κ1) is 24.2. The van der Waals surface area contributed by atoms with Gasteiger partial charge in [-0.2, -0.15) is 0 Å². The molecule has 0 bridgehead atoms. The quantitative estimate of drug-likeness (QED) is 0.400. The number of furan rings is 1. The third-order valence-electron chi connectivity index (χ3n) is 6.55. The molecule has 1 aromatic heterocycles. The van der Waals surface area contributed by atoms with Crippen molar-refractivity contribution in [2.45, 2.75) is 6.42 Å². The first-order valence-electron chi connectivity index (χ1n) is 12.2. The minimum atomic E-state index is -0.243. The normalized spacial score (nSPS) is 13.5. The van der Waals surface area contributed by atoms with E-state index in [0.29, 0.717) is 48.6 Å². The monoisotopic (exact) mass is 499 g/mol. The molecule has 1 N–H and O–H groups in total. The van der Waals surface area contributed by atoms with Crippen LogP contribution in [0.5, 0.6) is 11.5 Å². The number of amides is 2. The van der Waals surface area contributed by atoms with E-state index in [-0.39, 0.29) is 24.0 Å². The van der Waals surface area contributed by atoms with Gasteiger partial charge >= 0.3 is 0 Å². The lowest BCUT2D eigenvalue weighted by molar-refractivity contribution is -0.115. The van der Waals surface area contributed by atoms with Crippen LogP contribution >= 0.6 is 0 Å². The number of nitrogens with zero attached hydrogens (tertiary/aromatic N) is 2. The van der Waals surface area contributed by atoms with Crippen molar-refractivity contribution in [3.05, 3.63) is 84.1 Å². The summed E-state index contributed by atoms with van der Waals surface area (Å²) in [4.78, 5) is 30.6. The van der Waals surface area contributed by atoms with Crippen LogP contribution in [0.2, 0.25) is 0 Å². The lowest BCUT2D eigenvalue weighted by Crippen LogP contribution is -2.49. The Morgan fingerprint density at radius 1 is 0.892 bits per heavy atom. The van der Waals surface area contributed by atoms with Gasteiger partial charge in [0, 0.05) is 31.6 Å². The van der Waals surface area contributed by atoms with Crippen LogP contribution in [0.4, 0.5) is 11.4 Å². The number of carbonyl (C=O) groups is 2. The number of benzene rings is 3. The molecule has 37 heavy (non-hydrogen) atoms. The Balaban J connectivity index is 1.34. The Morgan fingerprint density at radius 3 is 2.43 bits per heavy atom. The molecule has 3 aromatic carbocycles. The highest BCUT2D eigenvalue weighted by Gasteiger charge is 2.29. The number of hydrogen-bond donors (Lipinski definition) is 1. The van der Waals surface area contributed by atoms with Crippen molar-refractivity contribution in [2.24, 2.45) is 0 Å². The smallest absolute Gasteiger partial charge is 0.291 e. The molecular weight excluding hydrogens is 470 g/mol. The standard InChI is InChI=1S/C29H29N3O5/c1-35-21-9-7-8-20(18-21)19-26(33)30-27-22-10-3-5-12-24(22)37-28(27)29(34)32-16-14-31(15-17-32)23-11-4-6-13-25(23)36-2/h3-13,18H,14-17,19H2,1-2H3,(H,30,33). The van der Waals surface area contributed by atoms with Crippen molar-refractivity contribution in [2.75, 3.05) is 50.6 Å². The Hall–Kier alpha value is -4.46. The number of methoxy groups -OCH3 is 2. The maximum absolute atomic E-state index is 13.6. The number of nitrogens with one attached hydrogen (secondary N) is 1. The van der Waals surface area contributed by atoms with E-state index in [1.54, 1.807) is 25.2 Å². The highest BCUT2D eigenvalue weighted by molar-refractivity contribution is 6.11. The van der Waals surface area contributed by atoms with Crippen LogP contribution in [0.25, 0.3) is 11.0 Å². The molecule has 190 valence electrons. The molecule has 1 fully saturated rings. The molecule has 0 saturated carbocycles. The summed E-state index contributed by atoms with van der Waals surface area (Å²) in [5.41, 5.74) is 2.77. The first-order valence-corrected chi connectivity index (χ1v) is 12.2. The molecule has 2 amide bonds. The second kappa shape index (κ2) is 10.7. The average Bonchev–Trinajstić information content (AvgIpc) is 3.30. The van der Waals surface area contributed by atoms with Gasteiger partial charge in [-0.05, 0) is 42.0 Å². The van der Waals surface area contributed by atoms with E-state index in [0.717, 1.165) is 17.0 Å². The van der Waals surface area contributed by atoms with Gasteiger partial charge < -0.3 is 29.0 Å². The predicted molar refractivity (Wildman–Crippen MR) is 143 cm³/mol. The first-order chi connectivity index (χ1) is 18.1. The Bertz CT molecular complexity index is 1420. The molecule has 8 nitrogen and oxygen atoms in total. The number of carbonyl (C=O) groups excluding carboxylic acids is 2. The van der Waals surface area contributed by atoms with Gasteiger partial charge in [0.1, 0.15) is 22.8 Å². The molecule has 0 unspecified atom stereocenters. The van der Waals surface area contributed by atoms with Gasteiger partial charge in [0.2, 0.25) is 11.7 Å². The zero-order chi connectivity index (χ0) is 25.8. The predicted octanol–water partition coefficient (Wildman–Crippen LogP) is 4.59. The minimum absolute atomic E-state index is 0.141. The van der Waals surface area contributed by atoms with Crippen molar-refractivity contribution in [1.82, 2.24) is 4.90 Å². The molecule has 0 spiro atoms. The minimum Gasteiger partial charge on any atom is -0.497 e.